The number of anilines is 1. The standard InChI is InChI=1S/C25H17ClFN5O2/c26-19-9-6-16(7-10-19)15-34-22-11-8-17(12-21(22)27)14-29-32-25-30-23(18-4-2-1-3-5-18)20(13-28)24(33)31-25/h1-12,14H,15H2,(H2,30,31,32,33). The summed E-state index contributed by atoms with van der Waals surface area (Å²) in [5, 5.41) is 13.9. The van der Waals surface area contributed by atoms with Gasteiger partial charge in [-0.3, -0.25) is 9.78 Å². The third kappa shape index (κ3) is 5.46. The Hall–Kier alpha value is -4.48. The maximum absolute atomic E-state index is 14.4. The van der Waals surface area contributed by atoms with Gasteiger partial charge < -0.3 is 4.74 Å². The number of ether oxygens (including phenoxy) is 1. The summed E-state index contributed by atoms with van der Waals surface area (Å²) in [5.41, 5.74) is 4.09. The van der Waals surface area contributed by atoms with Gasteiger partial charge in [-0.05, 0) is 41.5 Å². The normalized spacial score (nSPS) is 10.7. The zero-order chi connectivity index (χ0) is 23.9. The second kappa shape index (κ2) is 10.4. The van der Waals surface area contributed by atoms with E-state index in [1.807, 2.05) is 12.1 Å². The van der Waals surface area contributed by atoms with Crippen molar-refractivity contribution in [1.29, 1.82) is 5.26 Å². The molecule has 7 nitrogen and oxygen atoms in total. The fourth-order valence-electron chi connectivity index (χ4n) is 3.06. The molecule has 0 spiro atoms. The van der Waals surface area contributed by atoms with Crippen molar-refractivity contribution in [2.24, 2.45) is 5.10 Å². The quantitative estimate of drug-likeness (QED) is 0.286. The number of aromatic nitrogens is 2. The number of aromatic amines is 1. The number of hydrogen-bond acceptors (Lipinski definition) is 6. The third-order valence-electron chi connectivity index (χ3n) is 4.73. The average Bonchev–Trinajstić information content (AvgIpc) is 2.85. The summed E-state index contributed by atoms with van der Waals surface area (Å²) in [4.78, 5) is 19.0. The molecule has 0 atom stereocenters. The number of benzene rings is 3. The Labute approximate surface area is 199 Å². The largest absolute Gasteiger partial charge is 0.486 e. The molecule has 2 N–H and O–H groups in total. The summed E-state index contributed by atoms with van der Waals surface area (Å²) in [6.45, 7) is 0.199. The number of halogens is 2. The van der Waals surface area contributed by atoms with Gasteiger partial charge in [-0.15, -0.1) is 0 Å². The first-order valence-corrected chi connectivity index (χ1v) is 10.5. The lowest BCUT2D eigenvalue weighted by Crippen LogP contribution is -2.16. The summed E-state index contributed by atoms with van der Waals surface area (Å²) in [6, 6.07) is 22.2. The van der Waals surface area contributed by atoms with E-state index < -0.39 is 11.4 Å². The predicted molar refractivity (Wildman–Crippen MR) is 128 cm³/mol. The highest BCUT2D eigenvalue weighted by Crippen LogP contribution is 2.21. The highest BCUT2D eigenvalue weighted by molar-refractivity contribution is 6.30. The van der Waals surface area contributed by atoms with E-state index >= 15 is 0 Å². The van der Waals surface area contributed by atoms with Crippen molar-refractivity contribution in [1.82, 2.24) is 9.97 Å². The Bertz CT molecular complexity index is 1430. The van der Waals surface area contributed by atoms with E-state index in [1.54, 1.807) is 54.6 Å². The predicted octanol–water partition coefficient (Wildman–Crippen LogP) is 5.13. The summed E-state index contributed by atoms with van der Waals surface area (Å²) < 4.78 is 20.0. The lowest BCUT2D eigenvalue weighted by molar-refractivity contribution is 0.290. The molecule has 168 valence electrons. The topological polar surface area (TPSA) is 103 Å². The van der Waals surface area contributed by atoms with E-state index in [0.29, 0.717) is 16.1 Å². The number of rotatable bonds is 7. The second-order valence-corrected chi connectivity index (χ2v) is 7.53. The Morgan fingerprint density at radius 2 is 1.91 bits per heavy atom. The molecule has 3 aromatic carbocycles. The molecular formula is C25H17ClFN5O2. The lowest BCUT2D eigenvalue weighted by atomic mass is 10.1. The van der Waals surface area contributed by atoms with Crippen LogP contribution in [0.1, 0.15) is 16.7 Å². The van der Waals surface area contributed by atoms with Gasteiger partial charge in [0.2, 0.25) is 5.95 Å². The summed E-state index contributed by atoms with van der Waals surface area (Å²) in [7, 11) is 0. The Morgan fingerprint density at radius 3 is 2.62 bits per heavy atom. The molecule has 4 rings (SSSR count). The number of nitrogens with zero attached hydrogens (tertiary/aromatic N) is 3. The summed E-state index contributed by atoms with van der Waals surface area (Å²) in [6.07, 6.45) is 1.37. The molecule has 0 fully saturated rings. The molecule has 0 saturated carbocycles. The molecule has 9 heteroatoms. The van der Waals surface area contributed by atoms with E-state index in [1.165, 1.54) is 18.3 Å². The van der Waals surface area contributed by atoms with Crippen LogP contribution in [-0.4, -0.2) is 16.2 Å². The van der Waals surface area contributed by atoms with Crippen LogP contribution in [0.15, 0.2) is 82.7 Å². The Kier molecular flexibility index (Phi) is 6.96. The fourth-order valence-corrected chi connectivity index (χ4v) is 3.18. The zero-order valence-electron chi connectivity index (χ0n) is 17.6. The SMILES string of the molecule is N#Cc1c(-c2ccccc2)nc(NN=Cc2ccc(OCc3ccc(Cl)cc3)c(F)c2)[nH]c1=O. The molecule has 0 amide bonds. The molecule has 0 aliphatic carbocycles. The van der Waals surface area contributed by atoms with Gasteiger partial charge in [0.15, 0.2) is 11.6 Å². The average molecular weight is 474 g/mol. The number of nitrogens with one attached hydrogen (secondary N) is 2. The molecule has 0 aliphatic heterocycles. The molecule has 1 aromatic heterocycles. The minimum atomic E-state index is -0.595. The van der Waals surface area contributed by atoms with Crippen molar-refractivity contribution in [3.05, 3.63) is 111 Å². The molecule has 1 heterocycles. The molecule has 34 heavy (non-hydrogen) atoms. The first-order chi connectivity index (χ1) is 16.5. The van der Waals surface area contributed by atoms with Crippen LogP contribution in [0.4, 0.5) is 10.3 Å². The Balaban J connectivity index is 1.45. The van der Waals surface area contributed by atoms with Crippen molar-refractivity contribution in [2.75, 3.05) is 5.43 Å². The molecule has 0 radical (unpaired) electrons. The van der Waals surface area contributed by atoms with E-state index in [9.17, 15) is 14.4 Å². The first kappa shape index (κ1) is 22.7. The maximum Gasteiger partial charge on any atom is 0.270 e. The first-order valence-electron chi connectivity index (χ1n) is 10.1. The van der Waals surface area contributed by atoms with Gasteiger partial charge in [0, 0.05) is 10.6 Å². The Morgan fingerprint density at radius 1 is 1.15 bits per heavy atom. The lowest BCUT2D eigenvalue weighted by Gasteiger charge is -2.08. The molecule has 0 aliphatic rings. The molecule has 0 saturated heterocycles. The second-order valence-electron chi connectivity index (χ2n) is 7.09. The zero-order valence-corrected chi connectivity index (χ0v) is 18.4. The van der Waals surface area contributed by atoms with E-state index in [0.717, 1.165) is 5.56 Å². The van der Waals surface area contributed by atoms with E-state index in [-0.39, 0.29) is 29.6 Å². The number of nitriles is 1. The van der Waals surface area contributed by atoms with Gasteiger partial charge in [-0.2, -0.15) is 10.4 Å². The van der Waals surface area contributed by atoms with Crippen LogP contribution in [-0.2, 0) is 6.61 Å². The van der Waals surface area contributed by atoms with Crippen molar-refractivity contribution in [2.45, 2.75) is 6.61 Å². The molecule has 4 aromatic rings. The van der Waals surface area contributed by atoms with Crippen LogP contribution in [0.2, 0.25) is 5.02 Å². The molecule has 0 unspecified atom stereocenters. The summed E-state index contributed by atoms with van der Waals surface area (Å²) >= 11 is 5.86. The number of hydrazone groups is 1. The molecular weight excluding hydrogens is 457 g/mol. The van der Waals surface area contributed by atoms with Crippen molar-refractivity contribution >= 4 is 23.8 Å². The number of hydrogen-bond donors (Lipinski definition) is 2. The smallest absolute Gasteiger partial charge is 0.270 e. The van der Waals surface area contributed by atoms with Crippen molar-refractivity contribution in [3.8, 4) is 23.1 Å². The van der Waals surface area contributed by atoms with E-state index in [2.05, 4.69) is 20.5 Å². The monoisotopic (exact) mass is 473 g/mol. The number of H-pyrrole nitrogens is 1. The fraction of sp³-hybridized carbons (Fsp3) is 0.0400. The highest BCUT2D eigenvalue weighted by atomic mass is 35.5. The highest BCUT2D eigenvalue weighted by Gasteiger charge is 2.13. The third-order valence-corrected chi connectivity index (χ3v) is 4.98. The minimum absolute atomic E-state index is 0.0440. The van der Waals surface area contributed by atoms with Crippen molar-refractivity contribution in [3.63, 3.8) is 0 Å². The van der Waals surface area contributed by atoms with Gasteiger partial charge in [-0.25, -0.2) is 14.8 Å². The van der Waals surface area contributed by atoms with Gasteiger partial charge >= 0.3 is 0 Å². The van der Waals surface area contributed by atoms with Crippen LogP contribution in [0, 0.1) is 17.1 Å². The van der Waals surface area contributed by atoms with Crippen LogP contribution < -0.4 is 15.7 Å². The van der Waals surface area contributed by atoms with Gasteiger partial charge in [0.05, 0.1) is 11.9 Å². The van der Waals surface area contributed by atoms with Gasteiger partial charge in [-0.1, -0.05) is 54.1 Å². The summed E-state index contributed by atoms with van der Waals surface area (Å²) in [5.74, 6) is -0.401. The van der Waals surface area contributed by atoms with Crippen LogP contribution >= 0.6 is 11.6 Å². The van der Waals surface area contributed by atoms with Gasteiger partial charge in [0.1, 0.15) is 18.2 Å². The van der Waals surface area contributed by atoms with Crippen molar-refractivity contribution < 1.29 is 9.13 Å². The molecule has 0 bridgehead atoms. The van der Waals surface area contributed by atoms with Crippen LogP contribution in [0.25, 0.3) is 11.3 Å². The maximum atomic E-state index is 14.4. The van der Waals surface area contributed by atoms with Gasteiger partial charge in [0.25, 0.3) is 5.56 Å². The van der Waals surface area contributed by atoms with Crippen LogP contribution in [0.3, 0.4) is 0 Å². The van der Waals surface area contributed by atoms with Crippen LogP contribution in [0.5, 0.6) is 5.75 Å². The van der Waals surface area contributed by atoms with E-state index in [4.69, 9.17) is 16.3 Å². The minimum Gasteiger partial charge on any atom is -0.486 e.